The Hall–Kier alpha value is -1.90. The van der Waals surface area contributed by atoms with Gasteiger partial charge in [0.05, 0.1) is 0 Å². The zero-order valence-electron chi connectivity index (χ0n) is 18.1. The Morgan fingerprint density at radius 3 is 1.89 bits per heavy atom. The highest BCUT2D eigenvalue weighted by Crippen LogP contribution is 2.17. The average molecular weight is 382 g/mol. The van der Waals surface area contributed by atoms with E-state index in [2.05, 4.69) is 34.3 Å². The van der Waals surface area contributed by atoms with E-state index in [1.54, 1.807) is 0 Å². The Morgan fingerprint density at radius 2 is 1.29 bits per heavy atom. The maximum Gasteiger partial charge on any atom is 0.161 e. The molecule has 0 fully saturated rings. The molecular formula is C25H39N3. The number of rotatable bonds is 15. The number of nitrogens with one attached hydrogen (secondary N) is 1. The predicted octanol–water partition coefficient (Wildman–Crippen LogP) is 7.57. The number of unbranched alkanes of at least 4 members (excludes halogenated alkanes) is 11. The van der Waals surface area contributed by atoms with Gasteiger partial charge in [-0.25, -0.2) is 9.97 Å². The minimum absolute atomic E-state index is 0.804. The van der Waals surface area contributed by atoms with E-state index in [1.165, 1.54) is 77.0 Å². The maximum absolute atomic E-state index is 4.68. The van der Waals surface area contributed by atoms with Gasteiger partial charge in [0.2, 0.25) is 0 Å². The van der Waals surface area contributed by atoms with Crippen molar-refractivity contribution in [1.82, 2.24) is 9.97 Å². The predicted molar refractivity (Wildman–Crippen MR) is 122 cm³/mol. The molecule has 0 aliphatic heterocycles. The van der Waals surface area contributed by atoms with Gasteiger partial charge in [-0.2, -0.15) is 0 Å². The number of nitrogens with zero attached hydrogens (tertiary/aromatic N) is 2. The Labute approximate surface area is 172 Å². The third kappa shape index (κ3) is 9.34. The number of benzene rings is 1. The Morgan fingerprint density at radius 1 is 0.714 bits per heavy atom. The number of anilines is 1. The number of aromatic nitrogens is 2. The first kappa shape index (κ1) is 22.4. The van der Waals surface area contributed by atoms with Gasteiger partial charge in [0, 0.05) is 23.9 Å². The Kier molecular flexibility index (Phi) is 11.3. The van der Waals surface area contributed by atoms with Crippen LogP contribution in [0.3, 0.4) is 0 Å². The largest absolute Gasteiger partial charge is 0.370 e. The minimum Gasteiger partial charge on any atom is -0.370 e. The summed E-state index contributed by atoms with van der Waals surface area (Å²) in [6.07, 6.45) is 16.6. The molecule has 0 bridgehead atoms. The highest BCUT2D eigenvalue weighted by Gasteiger charge is 2.04. The second-order valence-electron chi connectivity index (χ2n) is 7.90. The van der Waals surface area contributed by atoms with Crippen molar-refractivity contribution in [2.24, 2.45) is 0 Å². The second-order valence-corrected chi connectivity index (χ2v) is 7.90. The van der Waals surface area contributed by atoms with Crippen molar-refractivity contribution < 1.29 is 0 Å². The second kappa shape index (κ2) is 14.1. The van der Waals surface area contributed by atoms with Crippen LogP contribution in [-0.4, -0.2) is 16.5 Å². The summed E-state index contributed by atoms with van der Waals surface area (Å²) in [5.41, 5.74) is 2.07. The molecule has 28 heavy (non-hydrogen) atoms. The molecule has 1 N–H and O–H groups in total. The molecule has 0 saturated heterocycles. The van der Waals surface area contributed by atoms with Crippen LogP contribution >= 0.6 is 0 Å². The molecule has 0 aliphatic carbocycles. The summed E-state index contributed by atoms with van der Waals surface area (Å²) in [5.74, 6) is 1.74. The van der Waals surface area contributed by atoms with Crippen molar-refractivity contribution in [3.63, 3.8) is 0 Å². The molecule has 154 valence electrons. The van der Waals surface area contributed by atoms with Crippen LogP contribution in [0.4, 0.5) is 5.82 Å². The fourth-order valence-corrected chi connectivity index (χ4v) is 3.56. The molecule has 0 atom stereocenters. The van der Waals surface area contributed by atoms with Gasteiger partial charge in [-0.3, -0.25) is 0 Å². The maximum atomic E-state index is 4.68. The summed E-state index contributed by atoms with van der Waals surface area (Å²) >= 11 is 0. The number of hydrogen-bond donors (Lipinski definition) is 1. The van der Waals surface area contributed by atoms with Gasteiger partial charge in [0.1, 0.15) is 5.82 Å². The molecule has 1 aromatic carbocycles. The number of aryl methyl sites for hydroxylation is 1. The summed E-state index contributed by atoms with van der Waals surface area (Å²) < 4.78 is 0. The van der Waals surface area contributed by atoms with Gasteiger partial charge >= 0.3 is 0 Å². The van der Waals surface area contributed by atoms with Crippen LogP contribution in [0.5, 0.6) is 0 Å². The van der Waals surface area contributed by atoms with Crippen molar-refractivity contribution in [1.29, 1.82) is 0 Å². The molecule has 0 aliphatic rings. The molecule has 0 spiro atoms. The van der Waals surface area contributed by atoms with Gasteiger partial charge < -0.3 is 5.32 Å². The zero-order chi connectivity index (χ0) is 19.9. The van der Waals surface area contributed by atoms with Gasteiger partial charge in [0.25, 0.3) is 0 Å². The summed E-state index contributed by atoms with van der Waals surface area (Å²) in [6.45, 7) is 5.30. The summed E-state index contributed by atoms with van der Waals surface area (Å²) in [5, 5.41) is 3.48. The van der Waals surface area contributed by atoms with Crippen LogP contribution in [0.15, 0.2) is 36.4 Å². The molecule has 3 nitrogen and oxygen atoms in total. The van der Waals surface area contributed by atoms with E-state index in [4.69, 9.17) is 0 Å². The minimum atomic E-state index is 0.804. The third-order valence-electron chi connectivity index (χ3n) is 5.22. The lowest BCUT2D eigenvalue weighted by Crippen LogP contribution is -2.05. The normalized spacial score (nSPS) is 10.9. The molecule has 1 aromatic heterocycles. The Balaban J connectivity index is 1.54. The van der Waals surface area contributed by atoms with Gasteiger partial charge in [-0.05, 0) is 13.3 Å². The van der Waals surface area contributed by atoms with Crippen LogP contribution in [0.2, 0.25) is 0 Å². The average Bonchev–Trinajstić information content (AvgIpc) is 2.72. The lowest BCUT2D eigenvalue weighted by atomic mass is 10.1. The molecule has 2 rings (SSSR count). The van der Waals surface area contributed by atoms with Gasteiger partial charge in [0.15, 0.2) is 5.82 Å². The van der Waals surface area contributed by atoms with Crippen LogP contribution in [-0.2, 0) is 0 Å². The first-order valence-corrected chi connectivity index (χ1v) is 11.4. The topological polar surface area (TPSA) is 37.8 Å². The van der Waals surface area contributed by atoms with E-state index in [9.17, 15) is 0 Å². The first-order chi connectivity index (χ1) is 13.8. The molecule has 0 unspecified atom stereocenters. The highest BCUT2D eigenvalue weighted by atomic mass is 15.0. The summed E-state index contributed by atoms with van der Waals surface area (Å²) in [6, 6.07) is 12.2. The third-order valence-corrected chi connectivity index (χ3v) is 5.22. The lowest BCUT2D eigenvalue weighted by Gasteiger charge is -2.09. The van der Waals surface area contributed by atoms with E-state index in [0.717, 1.165) is 29.4 Å². The molecule has 0 radical (unpaired) electrons. The molecular weight excluding hydrogens is 342 g/mol. The van der Waals surface area contributed by atoms with Crippen LogP contribution < -0.4 is 5.32 Å². The Bertz CT molecular complexity index is 639. The monoisotopic (exact) mass is 381 g/mol. The number of hydrogen-bond acceptors (Lipinski definition) is 3. The lowest BCUT2D eigenvalue weighted by molar-refractivity contribution is 0.546. The van der Waals surface area contributed by atoms with E-state index < -0.39 is 0 Å². The quantitative estimate of drug-likeness (QED) is 0.323. The molecule has 3 heteroatoms. The molecule has 2 aromatic rings. The van der Waals surface area contributed by atoms with Crippen LogP contribution in [0, 0.1) is 6.92 Å². The van der Waals surface area contributed by atoms with Crippen molar-refractivity contribution in [3.8, 4) is 11.4 Å². The molecule has 0 saturated carbocycles. The van der Waals surface area contributed by atoms with Crippen molar-refractivity contribution in [2.45, 2.75) is 90.9 Å². The summed E-state index contributed by atoms with van der Waals surface area (Å²) in [7, 11) is 0. The smallest absolute Gasteiger partial charge is 0.161 e. The van der Waals surface area contributed by atoms with E-state index in [-0.39, 0.29) is 0 Å². The van der Waals surface area contributed by atoms with E-state index >= 15 is 0 Å². The highest BCUT2D eigenvalue weighted by molar-refractivity contribution is 5.57. The fraction of sp³-hybridized carbons (Fsp3) is 0.600. The first-order valence-electron chi connectivity index (χ1n) is 11.4. The van der Waals surface area contributed by atoms with E-state index in [0.29, 0.717) is 0 Å². The molecule has 0 amide bonds. The zero-order valence-corrected chi connectivity index (χ0v) is 18.1. The van der Waals surface area contributed by atoms with Crippen LogP contribution in [0.1, 0.15) is 89.7 Å². The van der Waals surface area contributed by atoms with Gasteiger partial charge in [-0.15, -0.1) is 0 Å². The van der Waals surface area contributed by atoms with Crippen LogP contribution in [0.25, 0.3) is 11.4 Å². The van der Waals surface area contributed by atoms with Crippen molar-refractivity contribution in [2.75, 3.05) is 11.9 Å². The van der Waals surface area contributed by atoms with Gasteiger partial charge in [-0.1, -0.05) is 108 Å². The van der Waals surface area contributed by atoms with E-state index in [1.807, 2.05) is 31.2 Å². The fourth-order valence-electron chi connectivity index (χ4n) is 3.56. The SMILES string of the molecule is CCCCCCCCCCCCCCNc1cc(C)nc(-c2ccccc2)n1. The van der Waals surface area contributed by atoms with Crippen molar-refractivity contribution in [3.05, 3.63) is 42.1 Å². The summed E-state index contributed by atoms with van der Waals surface area (Å²) in [4.78, 5) is 9.24. The molecule has 1 heterocycles. The standard InChI is InChI=1S/C25H39N3/c1-3-4-5-6-7-8-9-10-11-12-13-17-20-26-24-21-22(2)27-25(28-24)23-18-15-14-16-19-23/h14-16,18-19,21H,3-13,17,20H2,1-2H3,(H,26,27,28). The van der Waals surface area contributed by atoms with Crippen molar-refractivity contribution >= 4 is 5.82 Å².